The Bertz CT molecular complexity index is 6790. The number of likely N-dealkylation sites (tertiary alicyclic amines) is 1. The van der Waals surface area contributed by atoms with Gasteiger partial charge in [-0.2, -0.15) is 13.7 Å². The van der Waals surface area contributed by atoms with Crippen LogP contribution in [0.25, 0.3) is 75.4 Å². The predicted molar refractivity (Wildman–Crippen MR) is 552 cm³/mol. The number of fused-ring (bicyclic) bond motifs is 2. The van der Waals surface area contributed by atoms with Gasteiger partial charge in [0.05, 0.1) is 55.4 Å². The highest BCUT2D eigenvalue weighted by Gasteiger charge is 2.30. The van der Waals surface area contributed by atoms with Gasteiger partial charge in [0.15, 0.2) is 5.78 Å². The zero-order valence-electron chi connectivity index (χ0n) is 77.6. The van der Waals surface area contributed by atoms with E-state index < -0.39 is 27.9 Å². The lowest BCUT2D eigenvalue weighted by Crippen LogP contribution is -2.45. The molecule has 7 heterocycles. The number of halogens is 1. The molecule has 10 aromatic carbocycles. The van der Waals surface area contributed by atoms with E-state index in [1.807, 2.05) is 249 Å². The molecular weight excluding hydrogens is 1860 g/mol. The van der Waals surface area contributed by atoms with E-state index in [0.29, 0.717) is 70.8 Å². The number of aromatic amines is 2. The largest absolute Gasteiger partial charge is 0.457 e. The number of para-hydroxylation sites is 5. The molecule has 2 saturated heterocycles. The SMILES string of the molecule is CC(=O)c1ccc(Oc2ccccc2)cc1.CC(C)(C)OC(=O)N1CCCC(OS(C)(=O)=O)C1.N.N=CN.NC=O.Nc1nccc2c1c(-c1ccc(Oc3ccccc3)cc1)cn2C1CCCNC1.Nc1ncnc2[nH]cc(-c3ccc(Oc4ccccc4)cc3)c12.[C-]#[N+]/C(C#N)=C(/CBr)c1ccc(Oc2ccccc2)cc1.[C-]#[N+]CC#N.[C-]#[N+]c1c(-c2ccc(Oc3ccccc3)cc2)c[nH]c1N. The smallest absolute Gasteiger partial charge is 0.410 e. The van der Waals surface area contributed by atoms with Crippen LogP contribution >= 0.6 is 15.9 Å². The minimum atomic E-state index is -3.49. The van der Waals surface area contributed by atoms with E-state index >= 15 is 0 Å². The van der Waals surface area contributed by atoms with E-state index in [9.17, 15) is 18.0 Å². The summed E-state index contributed by atoms with van der Waals surface area (Å²) >= 11 is 3.32. The molecule has 0 spiro atoms. The number of benzene rings is 10. The third-order valence-corrected chi connectivity index (χ3v) is 21.1. The molecule has 2 unspecified atom stereocenters. The maximum absolute atomic E-state index is 11.8. The summed E-state index contributed by atoms with van der Waals surface area (Å²) in [5.41, 5.74) is 36.6. The predicted octanol–water partition coefficient (Wildman–Crippen LogP) is 22.9. The third kappa shape index (κ3) is 34.2. The molecule has 0 radical (unpaired) electrons. The van der Waals surface area contributed by atoms with Crippen LogP contribution in [-0.4, -0.2) is 123 Å². The van der Waals surface area contributed by atoms with Gasteiger partial charge in [-0.15, -0.1) is 0 Å². The number of ether oxygens (including phenoxy) is 6. The number of alkyl halides is 1. The van der Waals surface area contributed by atoms with Crippen LogP contribution in [0.2, 0.25) is 0 Å². The number of carbonyl (C=O) groups excluding carboxylic acids is 3. The van der Waals surface area contributed by atoms with Crippen LogP contribution in [0.1, 0.15) is 75.3 Å². The van der Waals surface area contributed by atoms with Gasteiger partial charge in [-0.3, -0.25) is 19.2 Å². The number of nitrogens with one attached hydrogen (secondary N) is 4. The molecule has 0 saturated carbocycles. The van der Waals surface area contributed by atoms with E-state index in [0.717, 1.165) is 138 Å². The lowest BCUT2D eigenvalue weighted by molar-refractivity contribution is -0.106. The van der Waals surface area contributed by atoms with Gasteiger partial charge < -0.3 is 92.8 Å². The van der Waals surface area contributed by atoms with Gasteiger partial charge in [-0.25, -0.2) is 41.3 Å². The van der Waals surface area contributed by atoms with Gasteiger partial charge in [0.2, 0.25) is 12.1 Å². The number of nitriles is 2. The summed E-state index contributed by atoms with van der Waals surface area (Å²) in [5.74, 6) is 9.26. The van der Waals surface area contributed by atoms with Gasteiger partial charge in [0.1, 0.15) is 98.6 Å². The molecule has 32 nitrogen and oxygen atoms in total. The number of allylic oxidation sites excluding steroid dienone is 2. The summed E-state index contributed by atoms with van der Waals surface area (Å²) in [6.45, 7) is 30.0. The van der Waals surface area contributed by atoms with Crippen LogP contribution in [0, 0.1) is 47.8 Å². The Labute approximate surface area is 821 Å². The summed E-state index contributed by atoms with van der Waals surface area (Å²) in [6, 6.07) is 92.3. The standard InChI is InChI=1S/C24H24N4O.C18H14N4O.C17H11BrN2O.C17H13N3O.C14H12O2.C11H21NO5S.C3H2N2.CH4N2.CH3NO.H3N/c25-24-23-21(16-28(22(23)12-14-27-24)18-5-4-13-26-15-18)17-8-10-20(11-9-17)29-19-6-2-1-3-7-19;19-17-16-15(10-20-18(16)22-11-21-17)12-6-8-14(9-7-12)23-13-4-2-1-3-5-13;1-20-17(12-19)16(11-18)13-7-9-15(10-8-13)21-14-5-3-2-4-6-14;1-19-16-15(11-20-17(16)18)12-7-9-14(10-8-12)21-13-5-3-2-4-6-13;1-11(15)12-7-9-14(10-8-12)16-13-5-3-2-4-6-13;1-11(2,3)16-10(13)12-7-5-6-9(8-12)17-18(4,14)15;1-5-3-2-4;2*2-1-3;/h1-3,6-12,14,16,18,26H,4-5,13,15H2,(H2,25,27);1-11H,(H3,19,20,21,22);2-10H,11H2;2-11,20H,18H2;2-10H,1H3;9H,5-8H2,1-4H3;3H2;1H,(H3,2,3);1H,(H2,2,3);1H3/b;;17-16-;;;;;;;. The summed E-state index contributed by atoms with van der Waals surface area (Å²) in [7, 11) is -3.49. The molecule has 2 aliphatic rings. The second-order valence-electron chi connectivity index (χ2n) is 31.0. The first kappa shape index (κ1) is 108. The van der Waals surface area contributed by atoms with Crippen LogP contribution < -0.4 is 63.8 Å². The van der Waals surface area contributed by atoms with Gasteiger partial charge in [0.25, 0.3) is 22.4 Å². The van der Waals surface area contributed by atoms with E-state index in [2.05, 4.69) is 101 Å². The van der Waals surface area contributed by atoms with Crippen molar-refractivity contribution < 1.29 is 55.4 Å². The van der Waals surface area contributed by atoms with Crippen LogP contribution in [0.15, 0.2) is 316 Å². The average molecular weight is 1970 g/mol. The quantitative estimate of drug-likeness (QED) is 0.00414. The van der Waals surface area contributed by atoms with Crippen molar-refractivity contribution in [1.82, 2.24) is 45.9 Å². The van der Waals surface area contributed by atoms with Crippen molar-refractivity contribution in [3.8, 4) is 103 Å². The molecule has 716 valence electrons. The maximum Gasteiger partial charge on any atom is 0.410 e. The summed E-state index contributed by atoms with van der Waals surface area (Å²) < 4.78 is 63.4. The number of Topliss-reactive ketones (excluding diaryl/α,β-unsaturated/α-hetero) is 1. The van der Waals surface area contributed by atoms with Gasteiger partial charge in [0, 0.05) is 70.7 Å². The molecule has 15 aromatic rings. The Morgan fingerprint density at radius 2 is 1.01 bits per heavy atom. The van der Waals surface area contributed by atoms with Crippen molar-refractivity contribution in [2.24, 2.45) is 11.5 Å². The summed E-state index contributed by atoms with van der Waals surface area (Å²) in [4.78, 5) is 61.0. The molecule has 140 heavy (non-hydrogen) atoms. The van der Waals surface area contributed by atoms with E-state index in [1.165, 1.54) is 24.1 Å². The molecule has 0 aliphatic carbocycles. The number of aromatic nitrogens is 6. The molecule has 2 amide bonds. The number of hydrogen-bond acceptors (Lipinski definition) is 23. The Hall–Kier alpha value is -17.4. The monoisotopic (exact) mass is 1960 g/mol. The first-order valence-corrected chi connectivity index (χ1v) is 46.2. The highest BCUT2D eigenvalue weighted by atomic mass is 79.9. The number of nitrogens with zero attached hydrogens (tertiary/aromatic N) is 10. The lowest BCUT2D eigenvalue weighted by atomic mass is 10.1. The Balaban J connectivity index is 0.000000203. The van der Waals surface area contributed by atoms with Crippen molar-refractivity contribution in [2.45, 2.75) is 71.1 Å². The van der Waals surface area contributed by atoms with Crippen LogP contribution in [0.5, 0.6) is 57.5 Å². The lowest BCUT2D eigenvalue weighted by Gasteiger charge is -2.33. The number of piperidine rings is 2. The zero-order valence-corrected chi connectivity index (χ0v) is 80.0. The fraction of sp³-hybridized carbons (Fsp3) is 0.170. The number of primary amides is 1. The highest BCUT2D eigenvalue weighted by Crippen LogP contribution is 2.40. The topological polar surface area (TPSA) is 490 Å². The van der Waals surface area contributed by atoms with Gasteiger partial charge in [-0.05, 0) is 233 Å². The number of pyridine rings is 1. The normalized spacial score (nSPS) is 12.7. The fourth-order valence-electron chi connectivity index (χ4n) is 13.8. The molecule has 17 N–H and O–H groups in total. The van der Waals surface area contributed by atoms with Crippen molar-refractivity contribution in [2.75, 3.05) is 61.5 Å². The zero-order chi connectivity index (χ0) is 99.9. The number of ketones is 1. The molecule has 2 fully saturated rings. The summed E-state index contributed by atoms with van der Waals surface area (Å²) in [5, 5.41) is 28.3. The van der Waals surface area contributed by atoms with Crippen LogP contribution in [0.3, 0.4) is 0 Å². The number of hydrogen-bond donors (Lipinski definition) is 10. The number of anilines is 3. The maximum atomic E-state index is 11.8. The Morgan fingerprint density at radius 1 is 0.586 bits per heavy atom. The second kappa shape index (κ2) is 56.0. The number of carbonyl (C=O) groups is 3. The molecule has 0 bridgehead atoms. The minimum absolute atomic E-state index is 0. The van der Waals surface area contributed by atoms with E-state index in [-0.39, 0.29) is 37.1 Å². The number of amides is 2. The fourth-order valence-corrected chi connectivity index (χ4v) is 15.0. The van der Waals surface area contributed by atoms with E-state index in [1.54, 1.807) is 70.4 Å². The van der Waals surface area contributed by atoms with Gasteiger partial charge >= 0.3 is 6.09 Å². The first-order valence-electron chi connectivity index (χ1n) is 43.3. The molecule has 2 aliphatic heterocycles. The van der Waals surface area contributed by atoms with Crippen molar-refractivity contribution in [3.05, 3.63) is 361 Å². The highest BCUT2D eigenvalue weighted by molar-refractivity contribution is 9.09. The van der Waals surface area contributed by atoms with Crippen molar-refractivity contribution in [3.63, 3.8) is 0 Å². The van der Waals surface area contributed by atoms with Crippen molar-refractivity contribution in [1.29, 1.82) is 15.9 Å². The molecule has 17 rings (SSSR count). The number of rotatable bonds is 19. The van der Waals surface area contributed by atoms with Gasteiger partial charge in [-0.1, -0.05) is 155 Å². The minimum Gasteiger partial charge on any atom is -0.457 e. The molecule has 2 atom stereocenters. The van der Waals surface area contributed by atoms with E-state index in [4.69, 9.17) is 90.2 Å². The number of nitrogens with two attached hydrogens (primary N) is 5. The van der Waals surface area contributed by atoms with Crippen LogP contribution in [0.4, 0.5) is 27.9 Å². The Kier molecular flexibility index (Phi) is 43.2. The molecule has 34 heteroatoms. The Morgan fingerprint density at radius 3 is 1.39 bits per heavy atom. The number of nitrogen functional groups attached to an aromatic ring is 3. The summed E-state index contributed by atoms with van der Waals surface area (Å²) in [6.07, 6.45) is 13.9. The average Bonchev–Trinajstić information content (AvgIpc) is 1.61. The molecular formula is C106H107BrN20O12S. The van der Waals surface area contributed by atoms with Crippen molar-refractivity contribution >= 4 is 101 Å². The molecule has 5 aromatic heterocycles. The number of H-pyrrole nitrogens is 2. The third-order valence-electron chi connectivity index (χ3n) is 19.9. The second-order valence-corrected chi connectivity index (χ2v) is 33.2. The first-order chi connectivity index (χ1) is 67.2. The van der Waals surface area contributed by atoms with Crippen LogP contribution in [-0.2, 0) is 23.8 Å².